The highest BCUT2D eigenvalue weighted by atomic mass is 35.5. The third-order valence-electron chi connectivity index (χ3n) is 6.12. The van der Waals surface area contributed by atoms with E-state index in [1.807, 2.05) is 73.0 Å². The van der Waals surface area contributed by atoms with Crippen molar-refractivity contribution in [2.45, 2.75) is 20.5 Å². The summed E-state index contributed by atoms with van der Waals surface area (Å²) >= 11 is 14.4. The van der Waals surface area contributed by atoms with E-state index in [9.17, 15) is 4.79 Å². The number of nitrogens with one attached hydrogen (secondary N) is 2. The summed E-state index contributed by atoms with van der Waals surface area (Å²) < 4.78 is 5.85. The molecule has 0 saturated carbocycles. The van der Waals surface area contributed by atoms with Gasteiger partial charge in [0.2, 0.25) is 0 Å². The van der Waals surface area contributed by atoms with E-state index < -0.39 is 0 Å². The van der Waals surface area contributed by atoms with Gasteiger partial charge < -0.3 is 10.1 Å². The first kappa shape index (κ1) is 28.4. The lowest BCUT2D eigenvalue weighted by atomic mass is 10.1. The number of amides is 1. The number of anilines is 2. The molecule has 9 heteroatoms. The SMILES string of the molecule is Cc1ccc(Nc2nc(-c3ccc(C(=O)N/N=C\c4cc(Cl)c(OCc5cccc(C)c5)c(Cl)c4)cc3)cs2)cc1. The van der Waals surface area contributed by atoms with E-state index in [4.69, 9.17) is 27.9 Å². The summed E-state index contributed by atoms with van der Waals surface area (Å²) in [6, 6.07) is 26.7. The molecule has 5 aromatic rings. The van der Waals surface area contributed by atoms with Crippen LogP contribution in [0.5, 0.6) is 5.75 Å². The first-order chi connectivity index (χ1) is 19.8. The molecule has 1 aromatic heterocycles. The highest BCUT2D eigenvalue weighted by Gasteiger charge is 2.11. The second-order valence-corrected chi connectivity index (χ2v) is 11.1. The number of carbonyl (C=O) groups is 1. The second kappa shape index (κ2) is 13.0. The summed E-state index contributed by atoms with van der Waals surface area (Å²) in [6.45, 7) is 4.42. The summed E-state index contributed by atoms with van der Waals surface area (Å²) in [7, 11) is 0. The Kier molecular flexibility index (Phi) is 8.99. The van der Waals surface area contributed by atoms with E-state index in [1.54, 1.807) is 24.3 Å². The van der Waals surface area contributed by atoms with Crippen molar-refractivity contribution in [3.63, 3.8) is 0 Å². The maximum Gasteiger partial charge on any atom is 0.271 e. The Bertz CT molecular complexity index is 1680. The Morgan fingerprint density at radius 2 is 1.68 bits per heavy atom. The van der Waals surface area contributed by atoms with Crippen LogP contribution in [0.2, 0.25) is 10.0 Å². The standard InChI is InChI=1S/C32H26Cl2N4O2S/c1-20-6-12-26(13-7-20)36-32-37-29(19-41-32)24-8-10-25(11-9-24)31(39)38-35-17-23-15-27(33)30(28(34)16-23)40-18-22-5-3-4-21(2)14-22/h3-17,19H,18H2,1-2H3,(H,36,37)(H,38,39)/b35-17-. The van der Waals surface area contributed by atoms with Crippen LogP contribution in [0.4, 0.5) is 10.8 Å². The lowest BCUT2D eigenvalue weighted by Crippen LogP contribution is -2.17. The Labute approximate surface area is 252 Å². The fourth-order valence-electron chi connectivity index (χ4n) is 4.00. The molecule has 4 aromatic carbocycles. The first-order valence-corrected chi connectivity index (χ1v) is 14.4. The van der Waals surface area contributed by atoms with Gasteiger partial charge in [-0.05, 0) is 61.4 Å². The number of hydrogen-bond donors (Lipinski definition) is 2. The van der Waals surface area contributed by atoms with Crippen LogP contribution in [0.1, 0.15) is 32.6 Å². The number of hydrogen-bond acceptors (Lipinski definition) is 6. The Hall–Kier alpha value is -4.17. The van der Waals surface area contributed by atoms with Gasteiger partial charge in [0.25, 0.3) is 5.91 Å². The molecule has 1 heterocycles. The maximum absolute atomic E-state index is 12.6. The Morgan fingerprint density at radius 3 is 2.39 bits per heavy atom. The van der Waals surface area contributed by atoms with E-state index in [0.29, 0.717) is 33.5 Å². The monoisotopic (exact) mass is 600 g/mol. The predicted octanol–water partition coefficient (Wildman–Crippen LogP) is 8.82. The second-order valence-electron chi connectivity index (χ2n) is 9.40. The molecule has 41 heavy (non-hydrogen) atoms. The van der Waals surface area contributed by atoms with Gasteiger partial charge in [0.15, 0.2) is 10.9 Å². The van der Waals surface area contributed by atoms with Crippen molar-refractivity contribution in [3.8, 4) is 17.0 Å². The summed E-state index contributed by atoms with van der Waals surface area (Å²) in [5, 5.41) is 10.9. The lowest BCUT2D eigenvalue weighted by molar-refractivity contribution is 0.0955. The van der Waals surface area contributed by atoms with Gasteiger partial charge in [-0.15, -0.1) is 11.3 Å². The van der Waals surface area contributed by atoms with Gasteiger partial charge in [0.05, 0.1) is 22.0 Å². The summed E-state index contributed by atoms with van der Waals surface area (Å²) in [6.07, 6.45) is 1.48. The zero-order valence-corrected chi connectivity index (χ0v) is 24.6. The number of rotatable bonds is 9. The van der Waals surface area contributed by atoms with E-state index in [2.05, 4.69) is 27.8 Å². The van der Waals surface area contributed by atoms with Crippen molar-refractivity contribution in [1.29, 1.82) is 0 Å². The Balaban J connectivity index is 1.16. The largest absolute Gasteiger partial charge is 0.486 e. The van der Waals surface area contributed by atoms with Crippen LogP contribution < -0.4 is 15.5 Å². The fourth-order valence-corrected chi connectivity index (χ4v) is 5.35. The van der Waals surface area contributed by atoms with Crippen LogP contribution in [0.25, 0.3) is 11.3 Å². The molecular formula is C32H26Cl2N4O2S. The Morgan fingerprint density at radius 1 is 0.951 bits per heavy atom. The molecule has 2 N–H and O–H groups in total. The van der Waals surface area contributed by atoms with E-state index in [0.717, 1.165) is 33.2 Å². The molecule has 5 rings (SSSR count). The molecule has 206 valence electrons. The quantitative estimate of drug-likeness (QED) is 0.131. The van der Waals surface area contributed by atoms with Crippen LogP contribution in [0, 0.1) is 13.8 Å². The molecule has 0 unspecified atom stereocenters. The number of nitrogens with zero attached hydrogens (tertiary/aromatic N) is 2. The van der Waals surface area contributed by atoms with Crippen molar-refractivity contribution < 1.29 is 9.53 Å². The maximum atomic E-state index is 12.6. The lowest BCUT2D eigenvalue weighted by Gasteiger charge is -2.11. The number of aryl methyl sites for hydroxylation is 2. The van der Waals surface area contributed by atoms with Gasteiger partial charge in [-0.1, -0.05) is 82.9 Å². The zero-order valence-electron chi connectivity index (χ0n) is 22.3. The van der Waals surface area contributed by atoms with Gasteiger partial charge in [-0.3, -0.25) is 4.79 Å². The highest BCUT2D eigenvalue weighted by Crippen LogP contribution is 2.34. The summed E-state index contributed by atoms with van der Waals surface area (Å²) in [5.41, 5.74) is 9.71. The van der Waals surface area contributed by atoms with Crippen LogP contribution in [-0.4, -0.2) is 17.1 Å². The molecule has 6 nitrogen and oxygen atoms in total. The normalized spacial score (nSPS) is 11.0. The van der Waals surface area contributed by atoms with Gasteiger partial charge in [0.1, 0.15) is 6.61 Å². The zero-order chi connectivity index (χ0) is 28.8. The predicted molar refractivity (Wildman–Crippen MR) is 169 cm³/mol. The number of hydrazone groups is 1. The van der Waals surface area contributed by atoms with Crippen molar-refractivity contribution in [3.05, 3.63) is 128 Å². The van der Waals surface area contributed by atoms with Crippen molar-refractivity contribution in [2.24, 2.45) is 5.10 Å². The molecule has 0 fully saturated rings. The van der Waals surface area contributed by atoms with Gasteiger partial charge >= 0.3 is 0 Å². The number of halogens is 2. The molecule has 0 bridgehead atoms. The van der Waals surface area contributed by atoms with Crippen molar-refractivity contribution >= 4 is 57.5 Å². The number of benzene rings is 4. The number of aromatic nitrogens is 1. The molecule has 0 atom stereocenters. The van der Waals surface area contributed by atoms with Gasteiger partial charge in [0, 0.05) is 22.2 Å². The van der Waals surface area contributed by atoms with Gasteiger partial charge in [-0.25, -0.2) is 10.4 Å². The molecule has 0 spiro atoms. The van der Waals surface area contributed by atoms with Crippen LogP contribution in [-0.2, 0) is 6.61 Å². The van der Waals surface area contributed by atoms with E-state index in [-0.39, 0.29) is 5.91 Å². The molecular weight excluding hydrogens is 575 g/mol. The van der Waals surface area contributed by atoms with Crippen LogP contribution in [0.15, 0.2) is 95.4 Å². The number of ether oxygens (including phenoxy) is 1. The highest BCUT2D eigenvalue weighted by molar-refractivity contribution is 7.14. The average Bonchev–Trinajstić information content (AvgIpc) is 3.42. The van der Waals surface area contributed by atoms with Gasteiger partial charge in [-0.2, -0.15) is 5.10 Å². The van der Waals surface area contributed by atoms with Crippen molar-refractivity contribution in [2.75, 3.05) is 5.32 Å². The molecule has 0 saturated heterocycles. The third kappa shape index (κ3) is 7.52. The molecule has 0 aliphatic rings. The molecule has 0 aliphatic heterocycles. The minimum Gasteiger partial charge on any atom is -0.486 e. The number of thiazole rings is 1. The average molecular weight is 602 g/mol. The van der Waals surface area contributed by atoms with Crippen LogP contribution >= 0.6 is 34.5 Å². The van der Waals surface area contributed by atoms with Crippen molar-refractivity contribution in [1.82, 2.24) is 10.4 Å². The van der Waals surface area contributed by atoms with E-state index in [1.165, 1.54) is 23.1 Å². The minimum atomic E-state index is -0.344. The smallest absolute Gasteiger partial charge is 0.271 e. The van der Waals surface area contributed by atoms with Crippen LogP contribution in [0.3, 0.4) is 0 Å². The fraction of sp³-hybridized carbons (Fsp3) is 0.0938. The number of carbonyl (C=O) groups excluding carboxylic acids is 1. The molecule has 1 amide bonds. The minimum absolute atomic E-state index is 0.344. The summed E-state index contributed by atoms with van der Waals surface area (Å²) in [5.74, 6) is 0.0531. The molecule has 0 aliphatic carbocycles. The molecule has 0 radical (unpaired) electrons. The topological polar surface area (TPSA) is 75.6 Å². The third-order valence-corrected chi connectivity index (χ3v) is 7.44. The first-order valence-electron chi connectivity index (χ1n) is 12.7. The summed E-state index contributed by atoms with van der Waals surface area (Å²) in [4.78, 5) is 17.3. The van der Waals surface area contributed by atoms with E-state index >= 15 is 0 Å².